The Morgan fingerprint density at radius 2 is 2.22 bits per heavy atom. The first-order chi connectivity index (χ1) is 8.23. The fourth-order valence-corrected chi connectivity index (χ4v) is 5.01. The van der Waals surface area contributed by atoms with Crippen LogP contribution in [0.25, 0.3) is 0 Å². The second kappa shape index (κ2) is 4.56. The average molecular weight is 289 g/mol. The lowest BCUT2D eigenvalue weighted by Gasteiger charge is -2.41. The van der Waals surface area contributed by atoms with Crippen LogP contribution in [0.2, 0.25) is 0 Å². The van der Waals surface area contributed by atoms with E-state index in [1.54, 1.807) is 6.92 Å². The summed E-state index contributed by atoms with van der Waals surface area (Å²) in [6.07, 6.45) is 2.14. The van der Waals surface area contributed by atoms with Gasteiger partial charge < -0.3 is 5.73 Å². The van der Waals surface area contributed by atoms with Gasteiger partial charge in [0.25, 0.3) is 10.0 Å². The summed E-state index contributed by atoms with van der Waals surface area (Å²) in [5, 5.41) is 0.765. The molecule has 0 aliphatic carbocycles. The molecule has 0 spiro atoms. The molecule has 7 heteroatoms. The summed E-state index contributed by atoms with van der Waals surface area (Å²) in [5.41, 5.74) is 5.84. The van der Waals surface area contributed by atoms with Crippen molar-refractivity contribution in [1.82, 2.24) is 9.29 Å². The Labute approximate surface area is 112 Å². The van der Waals surface area contributed by atoms with Crippen LogP contribution in [0.15, 0.2) is 10.4 Å². The number of nitrogens with two attached hydrogens (primary N) is 1. The molecule has 1 aromatic heterocycles. The van der Waals surface area contributed by atoms with E-state index in [-0.39, 0.29) is 11.5 Å². The van der Waals surface area contributed by atoms with E-state index in [2.05, 4.69) is 4.98 Å². The van der Waals surface area contributed by atoms with Gasteiger partial charge in [-0.2, -0.15) is 4.31 Å². The largest absolute Gasteiger partial charge is 0.327 e. The molecule has 1 fully saturated rings. The molecular formula is C11H19N3O2S2. The van der Waals surface area contributed by atoms with Crippen LogP contribution in [0, 0.1) is 12.3 Å². The number of thiazole rings is 1. The molecule has 2 heterocycles. The van der Waals surface area contributed by atoms with Gasteiger partial charge in [-0.15, -0.1) is 11.3 Å². The van der Waals surface area contributed by atoms with E-state index in [1.165, 1.54) is 21.8 Å². The summed E-state index contributed by atoms with van der Waals surface area (Å²) in [6.45, 7) is 6.78. The lowest BCUT2D eigenvalue weighted by Crippen LogP contribution is -2.53. The van der Waals surface area contributed by atoms with E-state index >= 15 is 0 Å². The molecule has 0 aromatic carbocycles. The van der Waals surface area contributed by atoms with Gasteiger partial charge in [-0.25, -0.2) is 13.4 Å². The highest BCUT2D eigenvalue weighted by Crippen LogP contribution is 2.32. The third kappa shape index (κ3) is 2.45. The van der Waals surface area contributed by atoms with Crippen molar-refractivity contribution in [2.45, 2.75) is 37.4 Å². The zero-order chi connectivity index (χ0) is 13.6. The monoisotopic (exact) mass is 289 g/mol. The second-order valence-electron chi connectivity index (χ2n) is 5.42. The summed E-state index contributed by atoms with van der Waals surface area (Å²) in [6, 6.07) is 0.0483. The van der Waals surface area contributed by atoms with Crippen LogP contribution >= 0.6 is 11.3 Å². The number of piperidine rings is 1. The van der Waals surface area contributed by atoms with Crippen molar-refractivity contribution in [3.8, 4) is 0 Å². The zero-order valence-electron chi connectivity index (χ0n) is 10.9. The quantitative estimate of drug-likeness (QED) is 0.887. The van der Waals surface area contributed by atoms with Crippen molar-refractivity contribution in [2.24, 2.45) is 11.1 Å². The van der Waals surface area contributed by atoms with E-state index in [0.717, 1.165) is 5.01 Å². The number of nitrogens with zero attached hydrogens (tertiary/aromatic N) is 2. The van der Waals surface area contributed by atoms with Gasteiger partial charge in [-0.1, -0.05) is 13.8 Å². The molecule has 102 valence electrons. The number of sulfonamides is 1. The minimum absolute atomic E-state index is 0.0483. The first kappa shape index (κ1) is 13.9. The first-order valence-electron chi connectivity index (χ1n) is 5.92. The predicted octanol–water partition coefficient (Wildman–Crippen LogP) is 1.20. The maximum absolute atomic E-state index is 12.5. The molecule has 1 saturated heterocycles. The van der Waals surface area contributed by atoms with Gasteiger partial charge in [0.05, 0.1) is 11.2 Å². The lowest BCUT2D eigenvalue weighted by molar-refractivity contribution is 0.156. The van der Waals surface area contributed by atoms with E-state index in [1.807, 2.05) is 13.8 Å². The Morgan fingerprint density at radius 1 is 1.56 bits per heavy atom. The summed E-state index contributed by atoms with van der Waals surface area (Å²) < 4.78 is 26.8. The molecule has 0 amide bonds. The fraction of sp³-hybridized carbons (Fsp3) is 0.727. The van der Waals surface area contributed by atoms with E-state index in [9.17, 15) is 8.42 Å². The van der Waals surface area contributed by atoms with Crippen molar-refractivity contribution in [1.29, 1.82) is 0 Å². The maximum Gasteiger partial charge on any atom is 0.254 e. The van der Waals surface area contributed by atoms with Crippen molar-refractivity contribution < 1.29 is 8.42 Å². The van der Waals surface area contributed by atoms with Crippen LogP contribution in [-0.4, -0.2) is 36.8 Å². The standard InChI is InChI=1S/C11H19N3O2S2/c1-8-13-6-10(17-8)18(15,16)14-5-4-9(12)11(2,3)7-14/h6,9H,4-5,7,12H2,1-3H3. The molecule has 1 atom stereocenters. The highest BCUT2D eigenvalue weighted by Gasteiger charge is 2.39. The van der Waals surface area contributed by atoms with E-state index < -0.39 is 10.0 Å². The molecule has 0 radical (unpaired) electrons. The van der Waals surface area contributed by atoms with Gasteiger partial charge in [0.1, 0.15) is 0 Å². The Bertz CT molecular complexity index is 536. The fourth-order valence-electron chi connectivity index (χ4n) is 2.12. The van der Waals surface area contributed by atoms with Gasteiger partial charge in [0, 0.05) is 19.1 Å². The van der Waals surface area contributed by atoms with E-state index in [0.29, 0.717) is 23.7 Å². The van der Waals surface area contributed by atoms with Crippen LogP contribution < -0.4 is 5.73 Å². The van der Waals surface area contributed by atoms with Crippen LogP contribution in [0.1, 0.15) is 25.3 Å². The number of rotatable bonds is 2. The second-order valence-corrected chi connectivity index (χ2v) is 8.82. The summed E-state index contributed by atoms with van der Waals surface area (Å²) in [7, 11) is -3.40. The summed E-state index contributed by atoms with van der Waals surface area (Å²) in [5.74, 6) is 0. The zero-order valence-corrected chi connectivity index (χ0v) is 12.5. The Kier molecular flexibility index (Phi) is 3.52. The Balaban J connectivity index is 2.27. The van der Waals surface area contributed by atoms with Gasteiger partial charge in [0.15, 0.2) is 4.21 Å². The van der Waals surface area contributed by atoms with Crippen molar-refractivity contribution >= 4 is 21.4 Å². The molecule has 1 aromatic rings. The van der Waals surface area contributed by atoms with Crippen LogP contribution in [0.4, 0.5) is 0 Å². The normalized spacial score (nSPS) is 25.2. The van der Waals surface area contributed by atoms with Crippen molar-refractivity contribution in [3.05, 3.63) is 11.2 Å². The molecule has 1 aliphatic heterocycles. The van der Waals surface area contributed by atoms with Gasteiger partial charge in [-0.05, 0) is 18.8 Å². The molecule has 0 bridgehead atoms. The number of hydrogen-bond acceptors (Lipinski definition) is 5. The van der Waals surface area contributed by atoms with Crippen LogP contribution in [0.3, 0.4) is 0 Å². The molecule has 1 aliphatic rings. The molecular weight excluding hydrogens is 270 g/mol. The smallest absolute Gasteiger partial charge is 0.254 e. The molecule has 2 N–H and O–H groups in total. The molecule has 18 heavy (non-hydrogen) atoms. The molecule has 1 unspecified atom stereocenters. The summed E-state index contributed by atoms with van der Waals surface area (Å²) in [4.78, 5) is 4.02. The van der Waals surface area contributed by atoms with Gasteiger partial charge in [-0.3, -0.25) is 0 Å². The Morgan fingerprint density at radius 3 is 2.72 bits per heavy atom. The van der Waals surface area contributed by atoms with Crippen LogP contribution in [-0.2, 0) is 10.0 Å². The van der Waals surface area contributed by atoms with Gasteiger partial charge >= 0.3 is 0 Å². The number of hydrogen-bond donors (Lipinski definition) is 1. The number of aryl methyl sites for hydroxylation is 1. The third-order valence-electron chi connectivity index (χ3n) is 3.47. The minimum atomic E-state index is -3.40. The Hall–Kier alpha value is -0.500. The number of aromatic nitrogens is 1. The molecule has 0 saturated carbocycles. The lowest BCUT2D eigenvalue weighted by atomic mass is 9.81. The third-order valence-corrected chi connectivity index (χ3v) is 6.67. The first-order valence-corrected chi connectivity index (χ1v) is 8.17. The van der Waals surface area contributed by atoms with Gasteiger partial charge in [0.2, 0.25) is 0 Å². The van der Waals surface area contributed by atoms with E-state index in [4.69, 9.17) is 5.73 Å². The minimum Gasteiger partial charge on any atom is -0.327 e. The summed E-state index contributed by atoms with van der Waals surface area (Å²) >= 11 is 1.22. The van der Waals surface area contributed by atoms with Crippen LogP contribution in [0.5, 0.6) is 0 Å². The highest BCUT2D eigenvalue weighted by atomic mass is 32.2. The molecule has 5 nitrogen and oxygen atoms in total. The average Bonchev–Trinajstić information content (AvgIpc) is 2.69. The highest BCUT2D eigenvalue weighted by molar-refractivity contribution is 7.91. The molecule has 2 rings (SSSR count). The SMILES string of the molecule is Cc1ncc(S(=O)(=O)N2CCC(N)C(C)(C)C2)s1. The predicted molar refractivity (Wildman–Crippen MR) is 72.0 cm³/mol. The topological polar surface area (TPSA) is 76.3 Å². The van der Waals surface area contributed by atoms with Crippen molar-refractivity contribution in [3.63, 3.8) is 0 Å². The van der Waals surface area contributed by atoms with Crippen molar-refractivity contribution in [2.75, 3.05) is 13.1 Å². The maximum atomic E-state index is 12.5.